The third-order valence-electron chi connectivity index (χ3n) is 2.84. The molecule has 0 saturated carbocycles. The van der Waals surface area contributed by atoms with E-state index in [2.05, 4.69) is 20.4 Å². The lowest BCUT2D eigenvalue weighted by molar-refractivity contribution is 0.383. The van der Waals surface area contributed by atoms with Crippen molar-refractivity contribution in [1.29, 1.82) is 0 Å². The highest BCUT2D eigenvalue weighted by atomic mass is 16.5. The predicted molar refractivity (Wildman–Crippen MR) is 68.5 cm³/mol. The zero-order valence-electron chi connectivity index (χ0n) is 10.2. The predicted octanol–water partition coefficient (Wildman–Crippen LogP) is 1.65. The lowest BCUT2D eigenvalue weighted by atomic mass is 10.1. The molecule has 2 heterocycles. The summed E-state index contributed by atoms with van der Waals surface area (Å²) in [6, 6.07) is 8.02. The first-order valence-electron chi connectivity index (χ1n) is 6.08. The van der Waals surface area contributed by atoms with Crippen LogP contribution in [0.1, 0.15) is 18.4 Å². The van der Waals surface area contributed by atoms with Crippen LogP contribution >= 0.6 is 0 Å². The van der Waals surface area contributed by atoms with E-state index in [1.165, 1.54) is 0 Å². The number of rotatable bonds is 3. The second-order valence-corrected chi connectivity index (χ2v) is 4.10. The SMILES string of the molecule is CCc1nc(-c2cccc(C3=NCCN3)c2)no1. The zero-order valence-corrected chi connectivity index (χ0v) is 10.2. The van der Waals surface area contributed by atoms with Gasteiger partial charge in [0, 0.05) is 24.1 Å². The molecule has 0 saturated heterocycles. The van der Waals surface area contributed by atoms with Crippen LogP contribution in [-0.4, -0.2) is 29.1 Å². The van der Waals surface area contributed by atoms with Gasteiger partial charge in [0.15, 0.2) is 0 Å². The molecule has 2 aromatic rings. The van der Waals surface area contributed by atoms with Crippen LogP contribution in [0.2, 0.25) is 0 Å². The number of aryl methyl sites for hydroxylation is 1. The Morgan fingerprint density at radius 2 is 2.22 bits per heavy atom. The fourth-order valence-electron chi connectivity index (χ4n) is 1.91. The lowest BCUT2D eigenvalue weighted by Gasteiger charge is -2.03. The highest BCUT2D eigenvalue weighted by Crippen LogP contribution is 2.18. The molecule has 0 fully saturated rings. The van der Waals surface area contributed by atoms with E-state index in [1.54, 1.807) is 0 Å². The van der Waals surface area contributed by atoms with Crippen molar-refractivity contribution in [1.82, 2.24) is 15.5 Å². The summed E-state index contributed by atoms with van der Waals surface area (Å²) in [5.41, 5.74) is 2.01. The van der Waals surface area contributed by atoms with Crippen LogP contribution in [0.5, 0.6) is 0 Å². The minimum absolute atomic E-state index is 0.632. The van der Waals surface area contributed by atoms with Crippen LogP contribution < -0.4 is 5.32 Å². The van der Waals surface area contributed by atoms with E-state index in [0.29, 0.717) is 11.7 Å². The fourth-order valence-corrected chi connectivity index (χ4v) is 1.91. The molecule has 18 heavy (non-hydrogen) atoms. The van der Waals surface area contributed by atoms with Crippen molar-refractivity contribution in [2.75, 3.05) is 13.1 Å². The second kappa shape index (κ2) is 4.60. The second-order valence-electron chi connectivity index (χ2n) is 4.10. The number of amidine groups is 1. The van der Waals surface area contributed by atoms with E-state index in [1.807, 2.05) is 31.2 Å². The van der Waals surface area contributed by atoms with Crippen LogP contribution in [0.25, 0.3) is 11.4 Å². The molecule has 1 aromatic carbocycles. The molecule has 1 aromatic heterocycles. The van der Waals surface area contributed by atoms with E-state index >= 15 is 0 Å². The van der Waals surface area contributed by atoms with Gasteiger partial charge in [0.2, 0.25) is 11.7 Å². The number of nitrogens with one attached hydrogen (secondary N) is 1. The molecule has 1 aliphatic heterocycles. The summed E-state index contributed by atoms with van der Waals surface area (Å²) in [6.07, 6.45) is 0.751. The zero-order chi connectivity index (χ0) is 12.4. The standard InChI is InChI=1S/C13H14N4O/c1-2-11-16-13(17-18-11)10-5-3-4-9(8-10)12-14-6-7-15-12/h3-5,8H,2,6-7H2,1H3,(H,14,15). The Morgan fingerprint density at radius 3 is 2.94 bits per heavy atom. The maximum Gasteiger partial charge on any atom is 0.226 e. The number of hydrogen-bond donors (Lipinski definition) is 1. The quantitative estimate of drug-likeness (QED) is 0.888. The van der Waals surface area contributed by atoms with E-state index in [9.17, 15) is 0 Å². The summed E-state index contributed by atoms with van der Waals surface area (Å²) >= 11 is 0. The van der Waals surface area contributed by atoms with Gasteiger partial charge < -0.3 is 9.84 Å². The lowest BCUT2D eigenvalue weighted by Crippen LogP contribution is -2.19. The van der Waals surface area contributed by atoms with Crippen LogP contribution in [-0.2, 0) is 6.42 Å². The average Bonchev–Trinajstić information content (AvgIpc) is 3.10. The summed E-state index contributed by atoms with van der Waals surface area (Å²) in [7, 11) is 0. The monoisotopic (exact) mass is 242 g/mol. The van der Waals surface area contributed by atoms with E-state index < -0.39 is 0 Å². The molecule has 92 valence electrons. The van der Waals surface area contributed by atoms with Crippen LogP contribution in [0.4, 0.5) is 0 Å². The maximum atomic E-state index is 5.13. The molecule has 5 heteroatoms. The minimum atomic E-state index is 0.632. The summed E-state index contributed by atoms with van der Waals surface area (Å²) in [5, 5.41) is 7.23. The van der Waals surface area contributed by atoms with Gasteiger partial charge in [-0.3, -0.25) is 4.99 Å². The molecule has 0 radical (unpaired) electrons. The van der Waals surface area contributed by atoms with Crippen molar-refractivity contribution in [2.45, 2.75) is 13.3 Å². The van der Waals surface area contributed by atoms with Crippen LogP contribution in [0, 0.1) is 0 Å². The summed E-state index contributed by atoms with van der Waals surface area (Å²) < 4.78 is 5.13. The van der Waals surface area contributed by atoms with Crippen molar-refractivity contribution in [2.24, 2.45) is 4.99 Å². The van der Waals surface area contributed by atoms with Crippen molar-refractivity contribution in [3.63, 3.8) is 0 Å². The number of benzene rings is 1. The molecule has 0 unspecified atom stereocenters. The number of aliphatic imine (C=N–C) groups is 1. The molecule has 0 bridgehead atoms. The van der Waals surface area contributed by atoms with E-state index in [0.717, 1.165) is 36.5 Å². The molecular weight excluding hydrogens is 228 g/mol. The Kier molecular flexibility index (Phi) is 2.80. The van der Waals surface area contributed by atoms with Crippen molar-refractivity contribution in [3.05, 3.63) is 35.7 Å². The first kappa shape index (κ1) is 11.0. The number of hydrogen-bond acceptors (Lipinski definition) is 5. The summed E-state index contributed by atoms with van der Waals surface area (Å²) in [4.78, 5) is 8.73. The highest BCUT2D eigenvalue weighted by molar-refractivity contribution is 6.00. The van der Waals surface area contributed by atoms with Gasteiger partial charge in [0.05, 0.1) is 6.54 Å². The third kappa shape index (κ3) is 1.99. The summed E-state index contributed by atoms with van der Waals surface area (Å²) in [6.45, 7) is 3.73. The smallest absolute Gasteiger partial charge is 0.226 e. The first-order valence-corrected chi connectivity index (χ1v) is 6.08. The molecule has 3 rings (SSSR count). The average molecular weight is 242 g/mol. The Hall–Kier alpha value is -2.17. The van der Waals surface area contributed by atoms with Crippen LogP contribution in [0.3, 0.4) is 0 Å². The normalized spacial score (nSPS) is 14.4. The Morgan fingerprint density at radius 1 is 1.33 bits per heavy atom. The molecule has 5 nitrogen and oxygen atoms in total. The molecule has 1 N–H and O–H groups in total. The Bertz CT molecular complexity index is 588. The molecule has 0 amide bonds. The minimum Gasteiger partial charge on any atom is -0.368 e. The van der Waals surface area contributed by atoms with Gasteiger partial charge >= 0.3 is 0 Å². The van der Waals surface area contributed by atoms with Crippen molar-refractivity contribution < 1.29 is 4.52 Å². The van der Waals surface area contributed by atoms with Crippen LogP contribution in [0.15, 0.2) is 33.8 Å². The highest BCUT2D eigenvalue weighted by Gasteiger charge is 2.11. The number of nitrogens with zero attached hydrogens (tertiary/aromatic N) is 3. The number of aromatic nitrogens is 2. The van der Waals surface area contributed by atoms with E-state index in [4.69, 9.17) is 4.52 Å². The van der Waals surface area contributed by atoms with Gasteiger partial charge in [0.25, 0.3) is 0 Å². The van der Waals surface area contributed by atoms with Crippen molar-refractivity contribution >= 4 is 5.84 Å². The molecule has 0 spiro atoms. The van der Waals surface area contributed by atoms with E-state index in [-0.39, 0.29) is 0 Å². The Labute approximate surface area is 105 Å². The van der Waals surface area contributed by atoms with Crippen molar-refractivity contribution in [3.8, 4) is 11.4 Å². The topological polar surface area (TPSA) is 63.3 Å². The maximum absolute atomic E-state index is 5.13. The van der Waals surface area contributed by atoms with Gasteiger partial charge in [0.1, 0.15) is 5.84 Å². The van der Waals surface area contributed by atoms with Gasteiger partial charge in [-0.15, -0.1) is 0 Å². The molecule has 0 aliphatic carbocycles. The molecule has 0 atom stereocenters. The fraction of sp³-hybridized carbons (Fsp3) is 0.308. The first-order chi connectivity index (χ1) is 8.86. The third-order valence-corrected chi connectivity index (χ3v) is 2.84. The van der Waals surface area contributed by atoms with Gasteiger partial charge in [-0.1, -0.05) is 30.3 Å². The van der Waals surface area contributed by atoms with Gasteiger partial charge in [-0.25, -0.2) is 0 Å². The molecule has 1 aliphatic rings. The summed E-state index contributed by atoms with van der Waals surface area (Å²) in [5.74, 6) is 2.23. The largest absolute Gasteiger partial charge is 0.368 e. The molecular formula is C13H14N4O. The Balaban J connectivity index is 1.95. The van der Waals surface area contributed by atoms with Gasteiger partial charge in [-0.05, 0) is 6.07 Å². The van der Waals surface area contributed by atoms with Gasteiger partial charge in [-0.2, -0.15) is 4.98 Å².